The molecule has 0 saturated carbocycles. The van der Waals surface area contributed by atoms with Crippen molar-refractivity contribution < 1.29 is 14.3 Å². The van der Waals surface area contributed by atoms with E-state index in [1.54, 1.807) is 38.5 Å². The van der Waals surface area contributed by atoms with Crippen molar-refractivity contribution in [1.82, 2.24) is 15.6 Å². The molecule has 2 N–H and O–H groups in total. The van der Waals surface area contributed by atoms with Crippen LogP contribution in [0.5, 0.6) is 11.5 Å². The van der Waals surface area contributed by atoms with Crippen LogP contribution in [0.4, 0.5) is 0 Å². The third kappa shape index (κ3) is 4.33. The highest BCUT2D eigenvalue weighted by Gasteiger charge is 2.10. The highest BCUT2D eigenvalue weighted by atomic mass is 16.5. The van der Waals surface area contributed by atoms with E-state index in [1.165, 1.54) is 6.21 Å². The minimum absolute atomic E-state index is 0.320. The first kappa shape index (κ1) is 18.2. The molecule has 3 aromatic rings. The summed E-state index contributed by atoms with van der Waals surface area (Å²) in [6.07, 6.45) is 1.50. The molecule has 0 atom stereocenters. The molecule has 1 heterocycles. The van der Waals surface area contributed by atoms with Crippen LogP contribution in [0.2, 0.25) is 0 Å². The summed E-state index contributed by atoms with van der Waals surface area (Å²) < 4.78 is 10.5. The number of H-pyrrole nitrogens is 1. The predicted molar refractivity (Wildman–Crippen MR) is 103 cm³/mol. The Balaban J connectivity index is 1.69. The Hall–Kier alpha value is -3.61. The zero-order chi connectivity index (χ0) is 19.2. The van der Waals surface area contributed by atoms with Crippen molar-refractivity contribution in [2.24, 2.45) is 5.10 Å². The number of nitrogens with one attached hydrogen (secondary N) is 2. The smallest absolute Gasteiger partial charge is 0.289 e. The molecule has 0 aliphatic heterocycles. The summed E-state index contributed by atoms with van der Waals surface area (Å²) >= 11 is 0. The van der Waals surface area contributed by atoms with Crippen molar-refractivity contribution in [3.8, 4) is 22.8 Å². The van der Waals surface area contributed by atoms with E-state index in [2.05, 4.69) is 20.7 Å². The Morgan fingerprint density at radius 1 is 1.11 bits per heavy atom. The van der Waals surface area contributed by atoms with Crippen molar-refractivity contribution in [1.29, 1.82) is 0 Å². The van der Waals surface area contributed by atoms with E-state index < -0.39 is 0 Å². The van der Waals surface area contributed by atoms with Crippen LogP contribution in [-0.2, 0) is 0 Å². The summed E-state index contributed by atoms with van der Waals surface area (Å²) in [5, 5.41) is 10.9. The highest BCUT2D eigenvalue weighted by Crippen LogP contribution is 2.22. The van der Waals surface area contributed by atoms with Crippen LogP contribution in [0.1, 0.15) is 21.6 Å². The summed E-state index contributed by atoms with van der Waals surface area (Å²) in [5.41, 5.74) is 6.26. The van der Waals surface area contributed by atoms with Gasteiger partial charge in [0, 0.05) is 11.1 Å². The molecule has 0 radical (unpaired) electrons. The van der Waals surface area contributed by atoms with Crippen LogP contribution in [-0.4, -0.2) is 36.5 Å². The van der Waals surface area contributed by atoms with Gasteiger partial charge >= 0.3 is 0 Å². The Bertz CT molecular complexity index is 962. The third-order valence-corrected chi connectivity index (χ3v) is 3.98. The van der Waals surface area contributed by atoms with Crippen molar-refractivity contribution in [3.05, 3.63) is 65.4 Å². The number of carbonyl (C=O) groups excluding carboxylic acids is 1. The number of aryl methyl sites for hydroxylation is 1. The average molecular weight is 364 g/mol. The average Bonchev–Trinajstić information content (AvgIpc) is 3.18. The number of hydrazone groups is 1. The van der Waals surface area contributed by atoms with E-state index in [1.807, 2.05) is 31.2 Å². The van der Waals surface area contributed by atoms with Gasteiger partial charge in [-0.05, 0) is 31.2 Å². The second-order valence-electron chi connectivity index (χ2n) is 5.84. The number of ether oxygens (including phenoxy) is 2. The van der Waals surface area contributed by atoms with E-state index in [0.717, 1.165) is 11.1 Å². The normalized spacial score (nSPS) is 10.8. The lowest BCUT2D eigenvalue weighted by atomic mass is 10.1. The first-order valence-electron chi connectivity index (χ1n) is 8.28. The van der Waals surface area contributed by atoms with Crippen molar-refractivity contribution in [2.75, 3.05) is 14.2 Å². The zero-order valence-corrected chi connectivity index (χ0v) is 15.3. The fourth-order valence-electron chi connectivity index (χ4n) is 2.47. The number of benzene rings is 2. The Morgan fingerprint density at radius 2 is 1.89 bits per heavy atom. The molecule has 1 aromatic heterocycles. The highest BCUT2D eigenvalue weighted by molar-refractivity contribution is 5.94. The molecule has 3 rings (SSSR count). The van der Waals surface area contributed by atoms with E-state index >= 15 is 0 Å². The lowest BCUT2D eigenvalue weighted by Gasteiger charge is -2.06. The van der Waals surface area contributed by atoms with Gasteiger partial charge in [0.05, 0.1) is 26.1 Å². The lowest BCUT2D eigenvalue weighted by molar-refractivity contribution is 0.0950. The topological polar surface area (TPSA) is 88.6 Å². The minimum atomic E-state index is -0.390. The van der Waals surface area contributed by atoms with Crippen molar-refractivity contribution >= 4 is 12.1 Å². The summed E-state index contributed by atoms with van der Waals surface area (Å²) in [5.74, 6) is 0.899. The minimum Gasteiger partial charge on any atom is -0.497 e. The number of nitrogens with zero attached hydrogens (tertiary/aromatic N) is 2. The van der Waals surface area contributed by atoms with Gasteiger partial charge in [0.25, 0.3) is 5.91 Å². The molecular formula is C20H20N4O3. The molecule has 7 heteroatoms. The Labute approximate surface area is 157 Å². The number of hydrogen-bond acceptors (Lipinski definition) is 5. The molecular weight excluding hydrogens is 344 g/mol. The predicted octanol–water partition coefficient (Wildman–Crippen LogP) is 3.17. The van der Waals surface area contributed by atoms with E-state index in [-0.39, 0.29) is 5.91 Å². The molecule has 7 nitrogen and oxygen atoms in total. The summed E-state index contributed by atoms with van der Waals surface area (Å²) in [7, 11) is 3.14. The fourth-order valence-corrected chi connectivity index (χ4v) is 2.47. The molecule has 0 spiro atoms. The van der Waals surface area contributed by atoms with Gasteiger partial charge in [-0.3, -0.25) is 9.89 Å². The van der Waals surface area contributed by atoms with E-state index in [9.17, 15) is 4.79 Å². The maximum atomic E-state index is 12.3. The SMILES string of the molecule is COc1ccc(OC)c(/C=N/NC(=O)c2cc(-c3ccc(C)cc3)n[nH]2)c1. The molecule has 1 amide bonds. The van der Waals surface area contributed by atoms with Crippen LogP contribution in [0, 0.1) is 6.92 Å². The maximum absolute atomic E-state index is 12.3. The quantitative estimate of drug-likeness (QED) is 0.519. The van der Waals surface area contributed by atoms with Crippen molar-refractivity contribution in [2.45, 2.75) is 6.92 Å². The number of aromatic amines is 1. The summed E-state index contributed by atoms with van der Waals surface area (Å²) in [6.45, 7) is 2.02. The number of aromatic nitrogens is 2. The van der Waals surface area contributed by atoms with Gasteiger partial charge in [0.2, 0.25) is 0 Å². The summed E-state index contributed by atoms with van der Waals surface area (Å²) in [6, 6.07) is 14.9. The largest absolute Gasteiger partial charge is 0.497 e. The zero-order valence-electron chi connectivity index (χ0n) is 15.3. The number of methoxy groups -OCH3 is 2. The van der Waals surface area contributed by atoms with Gasteiger partial charge in [-0.15, -0.1) is 0 Å². The maximum Gasteiger partial charge on any atom is 0.289 e. The van der Waals surface area contributed by atoms with Gasteiger partial charge in [-0.2, -0.15) is 10.2 Å². The molecule has 0 fully saturated rings. The molecule has 0 bridgehead atoms. The molecule has 138 valence electrons. The first-order valence-corrected chi connectivity index (χ1v) is 8.28. The first-order chi connectivity index (χ1) is 13.1. The molecule has 2 aromatic carbocycles. The molecule has 0 aliphatic carbocycles. The summed E-state index contributed by atoms with van der Waals surface area (Å²) in [4.78, 5) is 12.3. The lowest BCUT2D eigenvalue weighted by Crippen LogP contribution is -2.18. The van der Waals surface area contributed by atoms with Crippen molar-refractivity contribution in [3.63, 3.8) is 0 Å². The van der Waals surface area contributed by atoms with Crippen LogP contribution >= 0.6 is 0 Å². The van der Waals surface area contributed by atoms with Crippen LogP contribution in [0.3, 0.4) is 0 Å². The Kier molecular flexibility index (Phi) is 5.51. The second kappa shape index (κ2) is 8.18. The van der Waals surface area contributed by atoms with Gasteiger partial charge in [-0.25, -0.2) is 5.43 Å². The molecule has 0 saturated heterocycles. The number of hydrogen-bond donors (Lipinski definition) is 2. The van der Waals surface area contributed by atoms with E-state index in [4.69, 9.17) is 9.47 Å². The number of carbonyl (C=O) groups is 1. The van der Waals surface area contributed by atoms with Crippen LogP contribution < -0.4 is 14.9 Å². The standard InChI is InChI=1S/C20H20N4O3/c1-13-4-6-14(7-5-13)17-11-18(23-22-17)20(25)24-21-12-15-10-16(26-2)8-9-19(15)27-3/h4-12H,1-3H3,(H,22,23)(H,24,25)/b21-12+. The third-order valence-electron chi connectivity index (χ3n) is 3.98. The van der Waals surface area contributed by atoms with Gasteiger partial charge in [0.1, 0.15) is 17.2 Å². The van der Waals surface area contributed by atoms with Crippen LogP contribution in [0.15, 0.2) is 53.6 Å². The monoisotopic (exact) mass is 364 g/mol. The van der Waals surface area contributed by atoms with Gasteiger partial charge < -0.3 is 9.47 Å². The van der Waals surface area contributed by atoms with Gasteiger partial charge in [-0.1, -0.05) is 29.8 Å². The fraction of sp³-hybridized carbons (Fsp3) is 0.150. The van der Waals surface area contributed by atoms with E-state index in [0.29, 0.717) is 28.5 Å². The molecule has 27 heavy (non-hydrogen) atoms. The Morgan fingerprint density at radius 3 is 2.59 bits per heavy atom. The molecule has 0 aliphatic rings. The molecule has 0 unspecified atom stereocenters. The van der Waals surface area contributed by atoms with Crippen LogP contribution in [0.25, 0.3) is 11.3 Å². The second-order valence-corrected chi connectivity index (χ2v) is 5.84. The number of rotatable bonds is 6. The van der Waals surface area contributed by atoms with Gasteiger partial charge in [0.15, 0.2) is 0 Å². The number of amides is 1.